The number of para-hydroxylation sites is 1. The highest BCUT2D eigenvalue weighted by atomic mass is 32.2. The summed E-state index contributed by atoms with van der Waals surface area (Å²) in [5.74, 6) is -1.06. The Balaban J connectivity index is 1.68. The molecular weight excluding hydrogens is 498 g/mol. The molecular formula is C26H15F4NO4S. The van der Waals surface area contributed by atoms with Crippen molar-refractivity contribution in [1.82, 2.24) is 4.57 Å². The van der Waals surface area contributed by atoms with Crippen molar-refractivity contribution in [3.05, 3.63) is 111 Å². The summed E-state index contributed by atoms with van der Waals surface area (Å²) in [5.41, 5.74) is -1.50. The van der Waals surface area contributed by atoms with Crippen LogP contribution in [-0.4, -0.2) is 9.67 Å². The molecule has 36 heavy (non-hydrogen) atoms. The highest BCUT2D eigenvalue weighted by Crippen LogP contribution is 2.38. The molecule has 10 heteroatoms. The molecule has 5 aromatic rings. The third-order valence-corrected chi connectivity index (χ3v) is 6.69. The zero-order valence-corrected chi connectivity index (χ0v) is 19.0. The number of aromatic hydroxyl groups is 1. The molecule has 0 aliphatic carbocycles. The van der Waals surface area contributed by atoms with Crippen molar-refractivity contribution in [3.63, 3.8) is 0 Å². The minimum atomic E-state index is -4.52. The Kier molecular flexibility index (Phi) is 5.83. The van der Waals surface area contributed by atoms with Crippen LogP contribution in [0.4, 0.5) is 17.6 Å². The van der Waals surface area contributed by atoms with Gasteiger partial charge in [-0.15, -0.1) is 0 Å². The van der Waals surface area contributed by atoms with Crippen molar-refractivity contribution in [3.8, 4) is 5.75 Å². The van der Waals surface area contributed by atoms with E-state index in [9.17, 15) is 32.3 Å². The van der Waals surface area contributed by atoms with Crippen LogP contribution in [0.15, 0.2) is 96.6 Å². The maximum Gasteiger partial charge on any atom is 0.416 e. The van der Waals surface area contributed by atoms with E-state index >= 15 is 0 Å². The van der Waals surface area contributed by atoms with Gasteiger partial charge in [-0.3, -0.25) is 4.79 Å². The lowest BCUT2D eigenvalue weighted by molar-refractivity contribution is -0.137. The molecule has 2 heterocycles. The lowest BCUT2D eigenvalue weighted by atomic mass is 10.1. The molecule has 182 valence electrons. The van der Waals surface area contributed by atoms with E-state index in [2.05, 4.69) is 0 Å². The Bertz CT molecular complexity index is 1720. The van der Waals surface area contributed by atoms with E-state index in [-0.39, 0.29) is 27.3 Å². The number of hydrogen-bond acceptors (Lipinski definition) is 5. The standard InChI is InChI=1S/C26H15F4NO4S/c27-16-9-5-14(6-10-16)13-31-19-4-2-1-3-18(19)22-20(24(31)33)21(32)23(25(34)35-22)36-17-11-7-15(8-12-17)26(28,29)30/h1-12,32H,13H2. The Morgan fingerprint density at radius 2 is 1.58 bits per heavy atom. The molecule has 0 fully saturated rings. The second kappa shape index (κ2) is 8.87. The van der Waals surface area contributed by atoms with Crippen LogP contribution in [0.25, 0.3) is 21.9 Å². The minimum Gasteiger partial charge on any atom is -0.505 e. The van der Waals surface area contributed by atoms with Gasteiger partial charge in [0.25, 0.3) is 5.56 Å². The van der Waals surface area contributed by atoms with Gasteiger partial charge in [0.15, 0.2) is 11.3 Å². The van der Waals surface area contributed by atoms with Crippen LogP contribution in [0.3, 0.4) is 0 Å². The number of hydrogen-bond donors (Lipinski definition) is 1. The van der Waals surface area contributed by atoms with Crippen molar-refractivity contribution in [2.75, 3.05) is 0 Å². The van der Waals surface area contributed by atoms with Gasteiger partial charge in [-0.05, 0) is 54.1 Å². The van der Waals surface area contributed by atoms with Crippen molar-refractivity contribution in [1.29, 1.82) is 0 Å². The summed E-state index contributed by atoms with van der Waals surface area (Å²) >= 11 is 0.687. The van der Waals surface area contributed by atoms with E-state index in [1.165, 1.54) is 28.8 Å². The Morgan fingerprint density at radius 3 is 2.25 bits per heavy atom. The van der Waals surface area contributed by atoms with Crippen molar-refractivity contribution < 1.29 is 27.1 Å². The van der Waals surface area contributed by atoms with Gasteiger partial charge < -0.3 is 14.1 Å². The lowest BCUT2D eigenvalue weighted by Gasteiger charge is -2.14. The molecule has 0 aliphatic rings. The summed E-state index contributed by atoms with van der Waals surface area (Å²) in [5, 5.41) is 11.2. The fourth-order valence-corrected chi connectivity index (χ4v) is 4.72. The van der Waals surface area contributed by atoms with Gasteiger partial charge in [-0.1, -0.05) is 36.0 Å². The van der Waals surface area contributed by atoms with Crippen LogP contribution >= 0.6 is 11.8 Å². The van der Waals surface area contributed by atoms with E-state index in [0.29, 0.717) is 28.2 Å². The first-order valence-corrected chi connectivity index (χ1v) is 11.4. The molecule has 0 spiro atoms. The summed E-state index contributed by atoms with van der Waals surface area (Å²) in [6.45, 7) is 0.0511. The average Bonchev–Trinajstić information content (AvgIpc) is 2.85. The second-order valence-corrected chi connectivity index (χ2v) is 9.01. The van der Waals surface area contributed by atoms with E-state index in [4.69, 9.17) is 4.42 Å². The number of aromatic nitrogens is 1. The maximum absolute atomic E-state index is 13.5. The zero-order valence-electron chi connectivity index (χ0n) is 18.2. The smallest absolute Gasteiger partial charge is 0.416 e. The molecule has 5 rings (SSSR count). The fourth-order valence-electron chi connectivity index (χ4n) is 3.89. The van der Waals surface area contributed by atoms with Crippen molar-refractivity contribution in [2.24, 2.45) is 0 Å². The Labute approximate surface area is 204 Å². The lowest BCUT2D eigenvalue weighted by Crippen LogP contribution is -2.22. The number of fused-ring (bicyclic) bond motifs is 3. The van der Waals surface area contributed by atoms with Crippen LogP contribution in [0, 0.1) is 5.82 Å². The number of nitrogens with zero attached hydrogens (tertiary/aromatic N) is 1. The van der Waals surface area contributed by atoms with Gasteiger partial charge in [0.2, 0.25) is 0 Å². The molecule has 0 bridgehead atoms. The summed E-state index contributed by atoms with van der Waals surface area (Å²) in [6.07, 6.45) is -4.52. The second-order valence-electron chi connectivity index (χ2n) is 7.93. The topological polar surface area (TPSA) is 72.4 Å². The largest absolute Gasteiger partial charge is 0.505 e. The first-order chi connectivity index (χ1) is 17.1. The van der Waals surface area contributed by atoms with Gasteiger partial charge >= 0.3 is 11.8 Å². The van der Waals surface area contributed by atoms with E-state index in [1.807, 2.05) is 0 Å². The third kappa shape index (κ3) is 4.24. The Hall–Kier alpha value is -4.05. The maximum atomic E-state index is 13.5. The van der Waals surface area contributed by atoms with E-state index in [1.54, 1.807) is 24.3 Å². The zero-order chi connectivity index (χ0) is 25.6. The minimum absolute atomic E-state index is 0.0511. The van der Waals surface area contributed by atoms with Crippen LogP contribution in [0.1, 0.15) is 11.1 Å². The molecule has 0 amide bonds. The molecule has 0 atom stereocenters. The average molecular weight is 513 g/mol. The first-order valence-electron chi connectivity index (χ1n) is 10.5. The summed E-state index contributed by atoms with van der Waals surface area (Å²) in [7, 11) is 0. The molecule has 0 aliphatic heterocycles. The van der Waals surface area contributed by atoms with Crippen LogP contribution in [-0.2, 0) is 12.7 Å². The van der Waals surface area contributed by atoms with E-state index < -0.39 is 34.5 Å². The quantitative estimate of drug-likeness (QED) is 0.230. The number of halogens is 4. The third-order valence-electron chi connectivity index (χ3n) is 5.61. The predicted molar refractivity (Wildman–Crippen MR) is 127 cm³/mol. The predicted octanol–water partition coefficient (Wildman–Crippen LogP) is 6.17. The van der Waals surface area contributed by atoms with Gasteiger partial charge in [-0.25, -0.2) is 9.18 Å². The highest BCUT2D eigenvalue weighted by molar-refractivity contribution is 7.99. The number of rotatable bonds is 4. The molecule has 0 unspecified atom stereocenters. The van der Waals surface area contributed by atoms with Gasteiger partial charge in [0.1, 0.15) is 16.1 Å². The van der Waals surface area contributed by atoms with Crippen LogP contribution in [0.5, 0.6) is 5.75 Å². The normalized spacial score (nSPS) is 11.9. The SMILES string of the molecule is O=c1oc2c(c(O)c1Sc1ccc(C(F)(F)F)cc1)c(=O)n(Cc1ccc(F)cc1)c1ccccc21. The molecule has 3 aromatic carbocycles. The molecule has 0 saturated carbocycles. The summed E-state index contributed by atoms with van der Waals surface area (Å²) in [4.78, 5) is 26.2. The summed E-state index contributed by atoms with van der Waals surface area (Å²) in [6, 6.07) is 16.2. The molecule has 0 saturated heterocycles. The fraction of sp³-hybridized carbons (Fsp3) is 0.0769. The first kappa shape index (κ1) is 23.7. The summed E-state index contributed by atoms with van der Waals surface area (Å²) < 4.78 is 58.8. The molecule has 2 aromatic heterocycles. The number of pyridine rings is 1. The molecule has 0 radical (unpaired) electrons. The van der Waals surface area contributed by atoms with Crippen LogP contribution in [0.2, 0.25) is 0 Å². The van der Waals surface area contributed by atoms with Crippen molar-refractivity contribution >= 4 is 33.6 Å². The Morgan fingerprint density at radius 1 is 0.917 bits per heavy atom. The van der Waals surface area contributed by atoms with Crippen LogP contribution < -0.4 is 11.2 Å². The highest BCUT2D eigenvalue weighted by Gasteiger charge is 2.30. The van der Waals surface area contributed by atoms with Gasteiger partial charge in [-0.2, -0.15) is 13.2 Å². The molecule has 5 nitrogen and oxygen atoms in total. The van der Waals surface area contributed by atoms with E-state index in [0.717, 1.165) is 24.3 Å². The monoisotopic (exact) mass is 513 g/mol. The number of alkyl halides is 3. The number of benzene rings is 3. The van der Waals surface area contributed by atoms with Gasteiger partial charge in [0.05, 0.1) is 17.6 Å². The van der Waals surface area contributed by atoms with Crippen molar-refractivity contribution in [2.45, 2.75) is 22.5 Å². The molecule has 1 N–H and O–H groups in total. The van der Waals surface area contributed by atoms with Gasteiger partial charge in [0, 0.05) is 10.3 Å².